The highest BCUT2D eigenvalue weighted by atomic mass is 35.5. The van der Waals surface area contributed by atoms with E-state index in [2.05, 4.69) is 4.98 Å². The largest absolute Gasteiger partial charge is 0.417 e. The number of anilines is 1. The number of aliphatic hydroxyl groups is 2. The van der Waals surface area contributed by atoms with E-state index < -0.39 is 22.9 Å². The van der Waals surface area contributed by atoms with Gasteiger partial charge >= 0.3 is 6.18 Å². The molecule has 1 aliphatic rings. The number of pyridine rings is 1. The lowest BCUT2D eigenvalue weighted by atomic mass is 10.0. The van der Waals surface area contributed by atoms with E-state index in [0.717, 1.165) is 17.7 Å². The Labute approximate surface area is 222 Å². The van der Waals surface area contributed by atoms with E-state index in [0.29, 0.717) is 41.5 Å². The molecule has 0 amide bonds. The van der Waals surface area contributed by atoms with Crippen molar-refractivity contribution in [2.24, 2.45) is 0 Å². The summed E-state index contributed by atoms with van der Waals surface area (Å²) >= 11 is 12.4. The molecule has 6 nitrogen and oxygen atoms in total. The molecule has 0 spiro atoms. The minimum atomic E-state index is -4.56. The van der Waals surface area contributed by atoms with Crippen molar-refractivity contribution < 1.29 is 28.2 Å². The van der Waals surface area contributed by atoms with Gasteiger partial charge in [0.05, 0.1) is 39.7 Å². The molecule has 2 N–H and O–H groups in total. The second-order valence-electron chi connectivity index (χ2n) is 8.45. The molecule has 37 heavy (non-hydrogen) atoms. The van der Waals surface area contributed by atoms with E-state index in [4.69, 9.17) is 33.1 Å². The van der Waals surface area contributed by atoms with Gasteiger partial charge in [-0.3, -0.25) is 4.98 Å². The molecule has 11 heteroatoms. The summed E-state index contributed by atoms with van der Waals surface area (Å²) in [5.74, 6) is 0.155. The third-order valence-corrected chi connectivity index (χ3v) is 6.34. The van der Waals surface area contributed by atoms with Gasteiger partial charge in [0, 0.05) is 31.8 Å². The van der Waals surface area contributed by atoms with Gasteiger partial charge < -0.3 is 15.1 Å². The van der Waals surface area contributed by atoms with Crippen LogP contribution in [0.25, 0.3) is 5.57 Å². The summed E-state index contributed by atoms with van der Waals surface area (Å²) in [6.07, 6.45) is -1.04. The summed E-state index contributed by atoms with van der Waals surface area (Å²) < 4.78 is 39.3. The van der Waals surface area contributed by atoms with Crippen molar-refractivity contribution in [2.45, 2.75) is 25.1 Å². The van der Waals surface area contributed by atoms with Crippen LogP contribution in [0.1, 0.15) is 23.2 Å². The number of aromatic nitrogens is 1. The minimum absolute atomic E-state index is 0.155. The van der Waals surface area contributed by atoms with E-state index in [1.807, 2.05) is 41.4 Å². The van der Waals surface area contributed by atoms with Gasteiger partial charge in [-0.15, -0.1) is 5.17 Å². The van der Waals surface area contributed by atoms with Crippen LogP contribution in [0.2, 0.25) is 10.0 Å². The van der Waals surface area contributed by atoms with E-state index in [9.17, 15) is 18.3 Å². The first kappa shape index (κ1) is 27.2. The van der Waals surface area contributed by atoms with Gasteiger partial charge in [-0.1, -0.05) is 47.5 Å². The molecule has 2 aromatic carbocycles. The highest BCUT2D eigenvalue weighted by Gasteiger charge is 2.33. The zero-order valence-electron chi connectivity index (χ0n) is 19.5. The van der Waals surface area contributed by atoms with Crippen molar-refractivity contribution >= 4 is 34.5 Å². The zero-order chi connectivity index (χ0) is 26.6. The Morgan fingerprint density at radius 3 is 2.43 bits per heavy atom. The molecule has 2 heterocycles. The van der Waals surface area contributed by atoms with Crippen LogP contribution >= 0.6 is 23.2 Å². The Bertz CT molecular complexity index is 1260. The first-order valence-corrected chi connectivity index (χ1v) is 12.2. The molecule has 3 aromatic rings. The average Bonchev–Trinajstić information content (AvgIpc) is 2.87. The quantitative estimate of drug-likeness (QED) is 0.343. The summed E-state index contributed by atoms with van der Waals surface area (Å²) in [5, 5.41) is 22.1. The Morgan fingerprint density at radius 2 is 1.84 bits per heavy atom. The van der Waals surface area contributed by atoms with Gasteiger partial charge in [0.1, 0.15) is 0 Å². The molecular weight excluding hydrogens is 530 g/mol. The molecule has 1 atom stereocenters. The molecule has 1 unspecified atom stereocenters. The van der Waals surface area contributed by atoms with Crippen LogP contribution in [0.3, 0.4) is 0 Å². The molecule has 0 bridgehead atoms. The molecular formula is C26H24Cl2F3N3O3. The average molecular weight is 554 g/mol. The third-order valence-electron chi connectivity index (χ3n) is 5.74. The fraction of sp³-hybridized carbons (Fsp3) is 0.269. The number of rotatable bonds is 8. The van der Waals surface area contributed by atoms with Crippen LogP contribution in [-0.4, -0.2) is 46.0 Å². The molecule has 0 saturated heterocycles. The maximum Gasteiger partial charge on any atom is 0.417 e. The molecule has 0 aliphatic carbocycles. The lowest BCUT2D eigenvalue weighted by molar-refractivity contribution is -0.137. The number of benzene rings is 2. The first-order chi connectivity index (χ1) is 17.7. The van der Waals surface area contributed by atoms with Crippen LogP contribution < -0.4 is 10.0 Å². The van der Waals surface area contributed by atoms with Gasteiger partial charge in [-0.2, -0.15) is 18.2 Å². The summed E-state index contributed by atoms with van der Waals surface area (Å²) in [7, 11) is 0. The number of halogens is 5. The van der Waals surface area contributed by atoms with E-state index >= 15 is 0 Å². The van der Waals surface area contributed by atoms with Crippen LogP contribution in [-0.2, 0) is 12.6 Å². The number of hydrazine groups is 1. The topological polar surface area (TPSA) is 69.1 Å². The van der Waals surface area contributed by atoms with Crippen LogP contribution in [0.15, 0.2) is 66.9 Å². The fourth-order valence-corrected chi connectivity index (χ4v) is 4.50. The number of hydrogen-bond acceptors (Lipinski definition) is 6. The Morgan fingerprint density at radius 1 is 1.08 bits per heavy atom. The van der Waals surface area contributed by atoms with Crippen molar-refractivity contribution in [1.82, 2.24) is 9.99 Å². The summed E-state index contributed by atoms with van der Waals surface area (Å²) in [5.41, 5.74) is 2.02. The molecule has 196 valence electrons. The second kappa shape index (κ2) is 11.7. The molecule has 4 rings (SSSR count). The smallest absolute Gasteiger partial charge is 0.394 e. The SMILES string of the molecule is OCC(O)Cc1cnc(C2=CCN(N(Oc3ccc(C(F)(F)F)c(Cl)c3)c3ccccc3)CC2)c(Cl)c1. The van der Waals surface area contributed by atoms with Crippen molar-refractivity contribution in [3.05, 3.63) is 93.7 Å². The maximum atomic E-state index is 13.1. The number of aliphatic hydroxyl groups excluding tert-OH is 2. The lowest BCUT2D eigenvalue weighted by Gasteiger charge is -2.36. The standard InChI is InChI=1S/C26H24Cl2F3N3O3/c27-23-14-21(6-7-22(23)26(29,30)31)37-34(19-4-2-1-3-5-19)33-10-8-18(9-11-33)25-24(28)13-17(15-32-25)12-20(36)16-35/h1-8,13-15,20,35-36H,9-12,16H2. The molecule has 0 fully saturated rings. The van der Waals surface area contributed by atoms with Crippen molar-refractivity contribution in [1.29, 1.82) is 0 Å². The van der Waals surface area contributed by atoms with Crippen LogP contribution in [0, 0.1) is 0 Å². The summed E-state index contributed by atoms with van der Waals surface area (Å²) in [6.45, 7) is 0.582. The number of nitrogens with zero attached hydrogens (tertiary/aromatic N) is 3. The van der Waals surface area contributed by atoms with Gasteiger partial charge in [-0.05, 0) is 47.9 Å². The number of hydrogen-bond donors (Lipinski definition) is 2. The first-order valence-electron chi connectivity index (χ1n) is 11.4. The van der Waals surface area contributed by atoms with E-state index in [1.165, 1.54) is 11.2 Å². The molecule has 1 aliphatic heterocycles. The molecule has 1 aromatic heterocycles. The predicted octanol–water partition coefficient (Wildman–Crippen LogP) is 5.81. The maximum absolute atomic E-state index is 13.1. The second-order valence-corrected chi connectivity index (χ2v) is 9.26. The predicted molar refractivity (Wildman–Crippen MR) is 136 cm³/mol. The van der Waals surface area contributed by atoms with Crippen LogP contribution in [0.5, 0.6) is 5.75 Å². The van der Waals surface area contributed by atoms with Crippen molar-refractivity contribution in [3.63, 3.8) is 0 Å². The number of para-hydroxylation sites is 1. The van der Waals surface area contributed by atoms with Crippen molar-refractivity contribution in [2.75, 3.05) is 24.9 Å². The van der Waals surface area contributed by atoms with Crippen molar-refractivity contribution in [3.8, 4) is 5.75 Å². The van der Waals surface area contributed by atoms with E-state index in [1.54, 1.807) is 12.3 Å². The van der Waals surface area contributed by atoms with Gasteiger partial charge in [0.2, 0.25) is 0 Å². The summed E-state index contributed by atoms with van der Waals surface area (Å²) in [6, 6.07) is 14.1. The normalized spacial score (nSPS) is 15.3. The lowest BCUT2D eigenvalue weighted by Crippen LogP contribution is -2.47. The van der Waals surface area contributed by atoms with E-state index in [-0.39, 0.29) is 18.8 Å². The Kier molecular flexibility index (Phi) is 8.61. The minimum Gasteiger partial charge on any atom is -0.394 e. The monoisotopic (exact) mass is 553 g/mol. The Hall–Kier alpha value is -2.82. The number of alkyl halides is 3. The fourth-order valence-electron chi connectivity index (χ4n) is 3.91. The van der Waals surface area contributed by atoms with Gasteiger partial charge in [-0.25, -0.2) is 0 Å². The third kappa shape index (κ3) is 6.74. The van der Waals surface area contributed by atoms with Gasteiger partial charge in [0.25, 0.3) is 0 Å². The summed E-state index contributed by atoms with van der Waals surface area (Å²) in [4.78, 5) is 10.5. The Balaban J connectivity index is 1.54. The molecule has 0 saturated carbocycles. The highest BCUT2D eigenvalue weighted by molar-refractivity contribution is 6.32. The van der Waals surface area contributed by atoms with Gasteiger partial charge in [0.15, 0.2) is 5.75 Å². The zero-order valence-corrected chi connectivity index (χ0v) is 21.0. The highest BCUT2D eigenvalue weighted by Crippen LogP contribution is 2.37. The van der Waals surface area contributed by atoms with Crippen LogP contribution in [0.4, 0.5) is 18.9 Å². The molecule has 0 radical (unpaired) electrons.